The van der Waals surface area contributed by atoms with E-state index in [1.54, 1.807) is 5.57 Å². The van der Waals surface area contributed by atoms with Crippen LogP contribution in [0.5, 0.6) is 0 Å². The Bertz CT molecular complexity index is 853. The highest BCUT2D eigenvalue weighted by molar-refractivity contribution is 5.85. The Hall–Kier alpha value is -0.820. The third kappa shape index (κ3) is 8.22. The molecule has 0 spiro atoms. The van der Waals surface area contributed by atoms with Gasteiger partial charge in [0.15, 0.2) is 0 Å². The van der Waals surface area contributed by atoms with Crippen LogP contribution in [0.1, 0.15) is 105 Å². The molecular formula is C34H61ClN2O4. The lowest BCUT2D eigenvalue weighted by molar-refractivity contribution is -0.0581. The number of alkyl carbamates (subject to hydrolysis) is 1. The number of carbonyl (C=O) groups is 1. The van der Waals surface area contributed by atoms with E-state index < -0.39 is 0 Å². The number of amides is 1. The van der Waals surface area contributed by atoms with E-state index >= 15 is 0 Å². The average Bonchev–Trinajstić information content (AvgIpc) is 3.27. The van der Waals surface area contributed by atoms with Crippen LogP contribution in [-0.4, -0.2) is 51.7 Å². The summed E-state index contributed by atoms with van der Waals surface area (Å²) in [5.74, 6) is 5.10. The maximum atomic E-state index is 12.5. The molecule has 7 heteroatoms. The molecule has 8 atom stereocenters. The van der Waals surface area contributed by atoms with Crippen LogP contribution in [0.4, 0.5) is 4.79 Å². The number of ether oxygens (including phenoxy) is 3. The molecular weight excluding hydrogens is 536 g/mol. The molecule has 0 aromatic rings. The predicted molar refractivity (Wildman–Crippen MR) is 169 cm³/mol. The molecule has 0 aliphatic heterocycles. The van der Waals surface area contributed by atoms with E-state index in [1.807, 2.05) is 0 Å². The van der Waals surface area contributed by atoms with Gasteiger partial charge >= 0.3 is 6.09 Å². The fourth-order valence-electron chi connectivity index (χ4n) is 9.58. The third-order valence-electron chi connectivity index (χ3n) is 11.7. The van der Waals surface area contributed by atoms with Gasteiger partial charge in [0.25, 0.3) is 0 Å². The summed E-state index contributed by atoms with van der Waals surface area (Å²) in [6, 6.07) is 0. The van der Waals surface area contributed by atoms with E-state index in [0.29, 0.717) is 44.9 Å². The zero-order valence-electron chi connectivity index (χ0n) is 26.8. The number of hydrogen-bond donors (Lipinski definition) is 2. The van der Waals surface area contributed by atoms with E-state index in [0.717, 1.165) is 54.8 Å². The van der Waals surface area contributed by atoms with Crippen molar-refractivity contribution >= 4 is 18.5 Å². The normalized spacial score (nSPS) is 35.0. The summed E-state index contributed by atoms with van der Waals surface area (Å²) >= 11 is 0. The van der Waals surface area contributed by atoms with Gasteiger partial charge in [0.2, 0.25) is 0 Å². The van der Waals surface area contributed by atoms with Crippen LogP contribution in [-0.2, 0) is 14.2 Å². The molecule has 0 radical (unpaired) electrons. The number of carbonyl (C=O) groups excluding carboxylic acids is 1. The van der Waals surface area contributed by atoms with Gasteiger partial charge in [-0.15, -0.1) is 12.4 Å². The first-order valence-corrected chi connectivity index (χ1v) is 16.7. The lowest BCUT2D eigenvalue weighted by atomic mass is 9.47. The molecule has 238 valence electrons. The minimum Gasteiger partial charge on any atom is -0.446 e. The lowest BCUT2D eigenvalue weighted by Gasteiger charge is -2.58. The molecule has 6 nitrogen and oxygen atoms in total. The zero-order valence-corrected chi connectivity index (χ0v) is 27.6. The average molecular weight is 597 g/mol. The van der Waals surface area contributed by atoms with E-state index in [-0.39, 0.29) is 30.0 Å². The van der Waals surface area contributed by atoms with Crippen molar-refractivity contribution in [2.24, 2.45) is 52.1 Å². The Morgan fingerprint density at radius 2 is 1.76 bits per heavy atom. The second kappa shape index (κ2) is 15.8. The third-order valence-corrected chi connectivity index (χ3v) is 11.7. The van der Waals surface area contributed by atoms with Gasteiger partial charge in [-0.25, -0.2) is 4.79 Å². The van der Waals surface area contributed by atoms with Crippen molar-refractivity contribution in [3.63, 3.8) is 0 Å². The highest BCUT2D eigenvalue weighted by Crippen LogP contribution is 2.67. The van der Waals surface area contributed by atoms with E-state index in [2.05, 4.69) is 46.0 Å². The molecule has 3 fully saturated rings. The van der Waals surface area contributed by atoms with Gasteiger partial charge in [0.05, 0.1) is 26.4 Å². The summed E-state index contributed by atoms with van der Waals surface area (Å²) in [5, 5.41) is 2.85. The Balaban J connectivity index is 0.00000462. The van der Waals surface area contributed by atoms with Gasteiger partial charge in [0.1, 0.15) is 6.10 Å². The molecule has 0 unspecified atom stereocenters. The van der Waals surface area contributed by atoms with Crippen molar-refractivity contribution in [3.8, 4) is 0 Å². The van der Waals surface area contributed by atoms with E-state index in [1.165, 1.54) is 51.4 Å². The number of nitrogens with one attached hydrogen (secondary N) is 1. The molecule has 0 aromatic heterocycles. The second-order valence-electron chi connectivity index (χ2n) is 14.5. The SMILES string of the molecule is CC(C)CCC[C@@H](C)[C@H]1CC[C@H]2[C@@H]3CC=C4C[C@@H](OC(=O)NCCOCCOCCN)CC[C@]4(C)[C@H]3CC[C@]12C.Cl. The fraction of sp³-hybridized carbons (Fsp3) is 0.912. The molecule has 41 heavy (non-hydrogen) atoms. The number of fused-ring (bicyclic) bond motifs is 5. The summed E-state index contributed by atoms with van der Waals surface area (Å²) in [7, 11) is 0. The van der Waals surface area contributed by atoms with Gasteiger partial charge in [-0.2, -0.15) is 0 Å². The smallest absolute Gasteiger partial charge is 0.407 e. The minimum absolute atomic E-state index is 0. The van der Waals surface area contributed by atoms with Crippen molar-refractivity contribution in [1.29, 1.82) is 0 Å². The number of halogens is 1. The van der Waals surface area contributed by atoms with Gasteiger partial charge in [-0.3, -0.25) is 0 Å². The Morgan fingerprint density at radius 1 is 1.00 bits per heavy atom. The summed E-state index contributed by atoms with van der Waals surface area (Å²) in [6.07, 6.45) is 16.3. The topological polar surface area (TPSA) is 82.8 Å². The molecule has 4 aliphatic rings. The molecule has 0 aromatic carbocycles. The minimum atomic E-state index is -0.321. The molecule has 4 aliphatic carbocycles. The van der Waals surface area contributed by atoms with Crippen molar-refractivity contribution < 1.29 is 19.0 Å². The largest absolute Gasteiger partial charge is 0.446 e. The highest BCUT2D eigenvalue weighted by atomic mass is 35.5. The first kappa shape index (κ1) is 34.7. The molecule has 0 heterocycles. The van der Waals surface area contributed by atoms with Crippen molar-refractivity contribution in [2.75, 3.05) is 39.5 Å². The van der Waals surface area contributed by atoms with Crippen LogP contribution < -0.4 is 11.1 Å². The summed E-state index contributed by atoms with van der Waals surface area (Å²) in [6.45, 7) is 15.5. The first-order chi connectivity index (χ1) is 19.2. The summed E-state index contributed by atoms with van der Waals surface area (Å²) < 4.78 is 16.6. The fourth-order valence-corrected chi connectivity index (χ4v) is 9.58. The van der Waals surface area contributed by atoms with Gasteiger partial charge in [-0.1, -0.05) is 65.5 Å². The van der Waals surface area contributed by atoms with Gasteiger partial charge < -0.3 is 25.3 Å². The van der Waals surface area contributed by atoms with Crippen LogP contribution in [0, 0.1) is 46.3 Å². The monoisotopic (exact) mass is 596 g/mol. The van der Waals surface area contributed by atoms with Crippen LogP contribution in [0.15, 0.2) is 11.6 Å². The Labute approximate surface area is 257 Å². The van der Waals surface area contributed by atoms with Crippen LogP contribution in [0.3, 0.4) is 0 Å². The second-order valence-corrected chi connectivity index (χ2v) is 14.5. The van der Waals surface area contributed by atoms with Gasteiger partial charge in [0, 0.05) is 19.5 Å². The number of nitrogens with two attached hydrogens (primary N) is 1. The standard InChI is InChI=1S/C34H60N2O4.ClH/c1-24(2)7-6-8-25(3)29-11-12-30-28-10-9-26-23-27(13-15-33(26,4)31(28)14-16-34(29,30)5)40-32(37)36-18-20-39-22-21-38-19-17-35;/h9,24-25,27-31H,6-8,10-23,35H2,1-5H3,(H,36,37);1H/t25-,27+,28+,29-,30+,31+,33+,34-;/m1./s1. The van der Waals surface area contributed by atoms with Crippen LogP contribution in [0.2, 0.25) is 0 Å². The van der Waals surface area contributed by atoms with Crippen molar-refractivity contribution in [3.05, 3.63) is 11.6 Å². The van der Waals surface area contributed by atoms with E-state index in [4.69, 9.17) is 19.9 Å². The highest BCUT2D eigenvalue weighted by Gasteiger charge is 2.59. The van der Waals surface area contributed by atoms with Crippen LogP contribution in [0.25, 0.3) is 0 Å². The van der Waals surface area contributed by atoms with Gasteiger partial charge in [-0.05, 0) is 91.3 Å². The zero-order chi connectivity index (χ0) is 28.8. The lowest BCUT2D eigenvalue weighted by Crippen LogP contribution is -2.51. The molecule has 1 amide bonds. The number of hydrogen-bond acceptors (Lipinski definition) is 5. The maximum Gasteiger partial charge on any atom is 0.407 e. The Morgan fingerprint density at radius 3 is 2.49 bits per heavy atom. The maximum absolute atomic E-state index is 12.5. The predicted octanol–water partition coefficient (Wildman–Crippen LogP) is 7.54. The summed E-state index contributed by atoms with van der Waals surface area (Å²) in [5.41, 5.74) is 7.77. The van der Waals surface area contributed by atoms with Crippen molar-refractivity contribution in [1.82, 2.24) is 5.32 Å². The molecule has 0 saturated heterocycles. The molecule has 4 rings (SSSR count). The van der Waals surface area contributed by atoms with E-state index in [9.17, 15) is 4.79 Å². The number of rotatable bonds is 14. The molecule has 3 N–H and O–H groups in total. The quantitative estimate of drug-likeness (QED) is 0.160. The first-order valence-electron chi connectivity index (χ1n) is 16.7. The molecule has 0 bridgehead atoms. The number of allylic oxidation sites excluding steroid dienone is 1. The summed E-state index contributed by atoms with van der Waals surface area (Å²) in [4.78, 5) is 12.5. The molecule has 3 saturated carbocycles. The van der Waals surface area contributed by atoms with Crippen LogP contribution >= 0.6 is 12.4 Å². The Kier molecular flexibility index (Phi) is 13.3. The van der Waals surface area contributed by atoms with Crippen molar-refractivity contribution in [2.45, 2.75) is 111 Å².